The number of hydrogen-bond acceptors (Lipinski definition) is 5. The summed E-state index contributed by atoms with van der Waals surface area (Å²) in [7, 11) is -1.91. The predicted octanol–water partition coefficient (Wildman–Crippen LogP) is 2.26. The van der Waals surface area contributed by atoms with E-state index in [1.807, 2.05) is 24.3 Å². The van der Waals surface area contributed by atoms with Crippen LogP contribution in [0.25, 0.3) is 0 Å². The van der Waals surface area contributed by atoms with E-state index in [0.29, 0.717) is 38.2 Å². The molecule has 0 aliphatic carbocycles. The number of ether oxygens (including phenoxy) is 1. The first kappa shape index (κ1) is 22.3. The Morgan fingerprint density at radius 1 is 1.06 bits per heavy atom. The Morgan fingerprint density at radius 3 is 2.34 bits per heavy atom. The van der Waals surface area contributed by atoms with Crippen LogP contribution in [0.5, 0.6) is 5.75 Å². The normalized spacial score (nSPS) is 19.3. The molecule has 2 amide bonds. The summed E-state index contributed by atoms with van der Waals surface area (Å²) in [4.78, 5) is 26.9. The van der Waals surface area contributed by atoms with Crippen molar-refractivity contribution in [2.45, 2.75) is 24.2 Å². The molecule has 1 atom stereocenters. The first-order valence-corrected chi connectivity index (χ1v) is 12.2. The van der Waals surface area contributed by atoms with Crippen molar-refractivity contribution in [1.29, 1.82) is 0 Å². The van der Waals surface area contributed by atoms with E-state index in [1.165, 1.54) is 28.6 Å². The van der Waals surface area contributed by atoms with Gasteiger partial charge in [-0.05, 0) is 61.4 Å². The number of hydrogen-bond donors (Lipinski definition) is 1. The van der Waals surface area contributed by atoms with Crippen molar-refractivity contribution in [3.8, 4) is 5.75 Å². The van der Waals surface area contributed by atoms with Crippen LogP contribution < -0.4 is 15.0 Å². The van der Waals surface area contributed by atoms with Gasteiger partial charge in [0, 0.05) is 49.8 Å². The van der Waals surface area contributed by atoms with E-state index in [1.54, 1.807) is 12.0 Å². The molecule has 0 aromatic heterocycles. The summed E-state index contributed by atoms with van der Waals surface area (Å²) in [6, 6.07) is 13.3. The molecule has 0 bridgehead atoms. The number of carbonyl (C=O) groups excluding carboxylic acids is 2. The maximum absolute atomic E-state index is 12.6. The smallest absolute Gasteiger partial charge is 0.251 e. The standard InChI is InChI=1S/C23H27N3O5S/c1-31-20-8-6-19(7-9-20)26-16-17(14-22(26)27)15-24-23(28)18-4-10-21(11-5-18)32(29,30)25-12-2-3-13-25/h4-11,17H,2-3,12-16H2,1H3,(H,24,28). The van der Waals surface area contributed by atoms with Gasteiger partial charge in [-0.2, -0.15) is 4.31 Å². The Hall–Kier alpha value is -2.91. The van der Waals surface area contributed by atoms with Crippen LogP contribution in [-0.2, 0) is 14.8 Å². The van der Waals surface area contributed by atoms with Gasteiger partial charge in [-0.15, -0.1) is 0 Å². The van der Waals surface area contributed by atoms with Crippen molar-refractivity contribution in [3.63, 3.8) is 0 Å². The Labute approximate surface area is 188 Å². The Balaban J connectivity index is 1.33. The van der Waals surface area contributed by atoms with Gasteiger partial charge in [0.1, 0.15) is 5.75 Å². The first-order valence-electron chi connectivity index (χ1n) is 10.7. The topological polar surface area (TPSA) is 96.0 Å². The second-order valence-corrected chi connectivity index (χ2v) is 10.1. The molecule has 4 rings (SSSR count). The fourth-order valence-electron chi connectivity index (χ4n) is 4.12. The summed E-state index contributed by atoms with van der Waals surface area (Å²) in [6.45, 7) is 1.97. The molecule has 2 aromatic carbocycles. The summed E-state index contributed by atoms with van der Waals surface area (Å²) >= 11 is 0. The SMILES string of the molecule is COc1ccc(N2CC(CNC(=O)c3ccc(S(=O)(=O)N4CCCC4)cc3)CC2=O)cc1. The molecule has 2 saturated heterocycles. The summed E-state index contributed by atoms with van der Waals surface area (Å²) in [5, 5.41) is 2.87. The van der Waals surface area contributed by atoms with Crippen molar-refractivity contribution in [2.75, 3.05) is 38.2 Å². The number of nitrogens with zero attached hydrogens (tertiary/aromatic N) is 2. The number of benzene rings is 2. The molecular weight excluding hydrogens is 430 g/mol. The number of methoxy groups -OCH3 is 1. The first-order chi connectivity index (χ1) is 15.4. The highest BCUT2D eigenvalue weighted by molar-refractivity contribution is 7.89. The van der Waals surface area contributed by atoms with Gasteiger partial charge in [0.05, 0.1) is 12.0 Å². The van der Waals surface area contributed by atoms with E-state index in [-0.39, 0.29) is 22.6 Å². The molecule has 2 heterocycles. The highest BCUT2D eigenvalue weighted by Gasteiger charge is 2.31. The van der Waals surface area contributed by atoms with Crippen LogP contribution in [0.1, 0.15) is 29.6 Å². The van der Waals surface area contributed by atoms with Crippen LogP contribution >= 0.6 is 0 Å². The van der Waals surface area contributed by atoms with E-state index in [2.05, 4.69) is 5.32 Å². The molecule has 2 aliphatic rings. The molecule has 2 aliphatic heterocycles. The molecule has 0 spiro atoms. The molecule has 1 N–H and O–H groups in total. The lowest BCUT2D eigenvalue weighted by molar-refractivity contribution is -0.117. The number of rotatable bonds is 7. The summed E-state index contributed by atoms with van der Waals surface area (Å²) in [6.07, 6.45) is 2.11. The number of nitrogens with one attached hydrogen (secondary N) is 1. The van der Waals surface area contributed by atoms with Crippen LogP contribution in [0.15, 0.2) is 53.4 Å². The Morgan fingerprint density at radius 2 is 1.72 bits per heavy atom. The summed E-state index contributed by atoms with van der Waals surface area (Å²) < 4.78 is 31.9. The summed E-state index contributed by atoms with van der Waals surface area (Å²) in [5.41, 5.74) is 1.20. The molecule has 2 fully saturated rings. The van der Waals surface area contributed by atoms with Crippen LogP contribution in [0.4, 0.5) is 5.69 Å². The summed E-state index contributed by atoms with van der Waals surface area (Å²) in [5.74, 6) is 0.461. The maximum atomic E-state index is 12.6. The van der Waals surface area contributed by atoms with Gasteiger partial charge >= 0.3 is 0 Å². The van der Waals surface area contributed by atoms with Crippen molar-refractivity contribution < 1.29 is 22.7 Å². The van der Waals surface area contributed by atoms with Crippen LogP contribution in [0.3, 0.4) is 0 Å². The van der Waals surface area contributed by atoms with Crippen LogP contribution in [0.2, 0.25) is 0 Å². The number of sulfonamides is 1. The lowest BCUT2D eigenvalue weighted by Crippen LogP contribution is -2.31. The minimum Gasteiger partial charge on any atom is -0.497 e. The van der Waals surface area contributed by atoms with Gasteiger partial charge in [0.15, 0.2) is 0 Å². The molecule has 0 saturated carbocycles. The number of anilines is 1. The second kappa shape index (κ2) is 9.30. The zero-order valence-electron chi connectivity index (χ0n) is 18.0. The largest absolute Gasteiger partial charge is 0.497 e. The van der Waals surface area contributed by atoms with Gasteiger partial charge in [0.25, 0.3) is 5.91 Å². The van der Waals surface area contributed by atoms with Gasteiger partial charge in [-0.25, -0.2) is 8.42 Å². The maximum Gasteiger partial charge on any atom is 0.251 e. The third-order valence-electron chi connectivity index (χ3n) is 5.96. The molecule has 1 unspecified atom stereocenters. The zero-order valence-corrected chi connectivity index (χ0v) is 18.8. The zero-order chi connectivity index (χ0) is 22.7. The van der Waals surface area contributed by atoms with E-state index in [4.69, 9.17) is 4.74 Å². The van der Waals surface area contributed by atoms with Gasteiger partial charge in [-0.1, -0.05) is 0 Å². The average molecular weight is 458 g/mol. The Bertz CT molecular complexity index is 1080. The highest BCUT2D eigenvalue weighted by Crippen LogP contribution is 2.26. The molecule has 8 nitrogen and oxygen atoms in total. The molecule has 170 valence electrons. The fourth-order valence-corrected chi connectivity index (χ4v) is 5.64. The number of amides is 2. The van der Waals surface area contributed by atoms with E-state index in [0.717, 1.165) is 24.3 Å². The number of carbonyl (C=O) groups is 2. The third kappa shape index (κ3) is 4.63. The second-order valence-electron chi connectivity index (χ2n) is 8.12. The molecule has 2 aromatic rings. The minimum absolute atomic E-state index is 0.00312. The fraction of sp³-hybridized carbons (Fsp3) is 0.391. The quantitative estimate of drug-likeness (QED) is 0.688. The molecule has 0 radical (unpaired) electrons. The molecule has 32 heavy (non-hydrogen) atoms. The Kier molecular flexibility index (Phi) is 6.48. The average Bonchev–Trinajstić information content (AvgIpc) is 3.48. The van der Waals surface area contributed by atoms with E-state index < -0.39 is 10.0 Å². The van der Waals surface area contributed by atoms with Crippen LogP contribution in [-0.4, -0.2) is 57.8 Å². The van der Waals surface area contributed by atoms with E-state index >= 15 is 0 Å². The van der Waals surface area contributed by atoms with Crippen molar-refractivity contribution in [1.82, 2.24) is 9.62 Å². The van der Waals surface area contributed by atoms with Gasteiger partial charge < -0.3 is 15.0 Å². The van der Waals surface area contributed by atoms with Crippen molar-refractivity contribution >= 4 is 27.5 Å². The minimum atomic E-state index is -3.50. The van der Waals surface area contributed by atoms with Gasteiger partial charge in [-0.3, -0.25) is 9.59 Å². The lowest BCUT2D eigenvalue weighted by Gasteiger charge is -2.17. The highest BCUT2D eigenvalue weighted by atomic mass is 32.2. The van der Waals surface area contributed by atoms with Crippen molar-refractivity contribution in [2.24, 2.45) is 5.92 Å². The van der Waals surface area contributed by atoms with Crippen LogP contribution in [0, 0.1) is 5.92 Å². The third-order valence-corrected chi connectivity index (χ3v) is 7.87. The monoisotopic (exact) mass is 457 g/mol. The molecule has 9 heteroatoms. The van der Waals surface area contributed by atoms with Crippen molar-refractivity contribution in [3.05, 3.63) is 54.1 Å². The predicted molar refractivity (Wildman–Crippen MR) is 120 cm³/mol. The molecular formula is C23H27N3O5S. The lowest BCUT2D eigenvalue weighted by atomic mass is 10.1. The van der Waals surface area contributed by atoms with Gasteiger partial charge in [0.2, 0.25) is 15.9 Å². The van der Waals surface area contributed by atoms with E-state index in [9.17, 15) is 18.0 Å².